The van der Waals surface area contributed by atoms with Gasteiger partial charge in [-0.05, 0) is 51.1 Å². The van der Waals surface area contributed by atoms with Crippen molar-refractivity contribution in [1.82, 2.24) is 19.8 Å². The van der Waals surface area contributed by atoms with Crippen LogP contribution < -0.4 is 9.64 Å². The van der Waals surface area contributed by atoms with E-state index >= 15 is 0 Å². The molecular formula is C28H38FN5O2. The summed E-state index contributed by atoms with van der Waals surface area (Å²) in [5, 5.41) is 10.8. The largest absolute Gasteiger partial charge is 0.461 e. The lowest BCUT2D eigenvalue weighted by Crippen LogP contribution is -2.47. The Kier molecular flexibility index (Phi) is 6.38. The minimum Gasteiger partial charge on any atom is -0.461 e. The number of β-amino-alcohol motifs (C(OH)–C–C–N with tert-alkyl or cyclic N) is 1. The molecule has 1 N–H and O–H groups in total. The number of benzene rings is 1. The van der Waals surface area contributed by atoms with E-state index in [9.17, 15) is 9.50 Å². The van der Waals surface area contributed by atoms with E-state index < -0.39 is 11.8 Å². The Bertz CT molecular complexity index is 1080. The number of aromatic nitrogens is 2. The molecule has 2 aromatic rings. The summed E-state index contributed by atoms with van der Waals surface area (Å²) in [5.41, 5.74) is 2.52. The molecule has 4 aliphatic heterocycles. The van der Waals surface area contributed by atoms with Gasteiger partial charge in [-0.1, -0.05) is 30.3 Å². The number of piperidine rings is 1. The first-order valence-electron chi connectivity index (χ1n) is 13.5. The third kappa shape index (κ3) is 4.83. The molecule has 6 rings (SSSR count). The lowest BCUT2D eigenvalue weighted by Gasteiger charge is -2.39. The third-order valence-corrected chi connectivity index (χ3v) is 8.56. The van der Waals surface area contributed by atoms with Crippen molar-refractivity contribution in [3.63, 3.8) is 0 Å². The van der Waals surface area contributed by atoms with Gasteiger partial charge in [-0.15, -0.1) is 0 Å². The summed E-state index contributed by atoms with van der Waals surface area (Å²) in [6, 6.07) is 10.9. The smallest absolute Gasteiger partial charge is 0.318 e. The van der Waals surface area contributed by atoms with E-state index in [0.717, 1.165) is 76.3 Å². The van der Waals surface area contributed by atoms with Gasteiger partial charge < -0.3 is 14.7 Å². The van der Waals surface area contributed by atoms with Gasteiger partial charge in [0, 0.05) is 51.3 Å². The zero-order chi connectivity index (χ0) is 24.8. The third-order valence-electron chi connectivity index (χ3n) is 8.56. The van der Waals surface area contributed by atoms with Crippen molar-refractivity contribution in [2.45, 2.75) is 75.8 Å². The Morgan fingerprint density at radius 3 is 2.78 bits per heavy atom. The Morgan fingerprint density at radius 2 is 1.94 bits per heavy atom. The van der Waals surface area contributed by atoms with Crippen LogP contribution in [0.2, 0.25) is 0 Å². The summed E-state index contributed by atoms with van der Waals surface area (Å²) in [4.78, 5) is 16.7. The molecule has 36 heavy (non-hydrogen) atoms. The fourth-order valence-corrected chi connectivity index (χ4v) is 6.79. The lowest BCUT2D eigenvalue weighted by molar-refractivity contribution is 0.0445. The first-order chi connectivity index (χ1) is 17.4. The highest BCUT2D eigenvalue weighted by Crippen LogP contribution is 2.40. The first-order valence-corrected chi connectivity index (χ1v) is 13.5. The molecule has 0 spiro atoms. The molecule has 7 nitrogen and oxygen atoms in total. The fourth-order valence-electron chi connectivity index (χ4n) is 6.79. The van der Waals surface area contributed by atoms with E-state index in [4.69, 9.17) is 14.7 Å². The Labute approximate surface area is 213 Å². The van der Waals surface area contributed by atoms with Crippen LogP contribution in [0, 0.1) is 0 Å². The Morgan fingerprint density at radius 1 is 1.11 bits per heavy atom. The van der Waals surface area contributed by atoms with E-state index in [1.807, 2.05) is 13.0 Å². The van der Waals surface area contributed by atoms with Crippen molar-refractivity contribution in [2.75, 3.05) is 44.2 Å². The second kappa shape index (κ2) is 9.54. The van der Waals surface area contributed by atoms with Crippen molar-refractivity contribution < 1.29 is 14.2 Å². The molecule has 4 aliphatic rings. The lowest BCUT2D eigenvalue weighted by atomic mass is 9.94. The van der Waals surface area contributed by atoms with Crippen molar-refractivity contribution in [3.8, 4) is 6.01 Å². The number of ether oxygens (including phenoxy) is 1. The van der Waals surface area contributed by atoms with E-state index in [1.165, 1.54) is 11.1 Å². The van der Waals surface area contributed by atoms with Gasteiger partial charge in [0.2, 0.25) is 0 Å². The zero-order valence-corrected chi connectivity index (χ0v) is 21.3. The summed E-state index contributed by atoms with van der Waals surface area (Å²) in [7, 11) is 0. The van der Waals surface area contributed by atoms with Crippen molar-refractivity contribution in [3.05, 3.63) is 47.2 Å². The van der Waals surface area contributed by atoms with Gasteiger partial charge in [-0.25, -0.2) is 4.39 Å². The summed E-state index contributed by atoms with van der Waals surface area (Å²) >= 11 is 0. The average Bonchev–Trinajstić information content (AvgIpc) is 3.38. The van der Waals surface area contributed by atoms with Crippen LogP contribution in [-0.4, -0.2) is 81.5 Å². The second-order valence-corrected chi connectivity index (χ2v) is 11.6. The standard InChI is InChI=1S/C28H38FN5O2/c1-27(35)10-5-12-33(19-27)25-23-9-14-32(16-21-7-3-2-4-8-21)18-24(23)30-26(31-25)36-20-28-11-6-13-34(28)17-22(29)15-28/h2-4,7-8,22,35H,5-6,9-20H2,1H3/t22-,27?,28+/m1/s1. The number of hydrogen-bond donors (Lipinski definition) is 1. The minimum atomic E-state index is -0.781. The number of nitrogens with zero attached hydrogens (tertiary/aromatic N) is 5. The van der Waals surface area contributed by atoms with Gasteiger partial charge >= 0.3 is 6.01 Å². The van der Waals surface area contributed by atoms with Gasteiger partial charge in [0.1, 0.15) is 18.6 Å². The number of halogens is 1. The second-order valence-electron chi connectivity index (χ2n) is 11.6. The molecule has 5 heterocycles. The molecule has 0 radical (unpaired) electrons. The molecule has 0 aliphatic carbocycles. The van der Waals surface area contributed by atoms with Crippen LogP contribution in [0.15, 0.2) is 30.3 Å². The van der Waals surface area contributed by atoms with Gasteiger partial charge in [-0.3, -0.25) is 9.80 Å². The predicted octanol–water partition coefficient (Wildman–Crippen LogP) is 3.34. The first kappa shape index (κ1) is 24.1. The maximum atomic E-state index is 14.3. The Balaban J connectivity index is 1.27. The van der Waals surface area contributed by atoms with Crippen LogP contribution in [0.1, 0.15) is 55.8 Å². The van der Waals surface area contributed by atoms with Crippen LogP contribution in [-0.2, 0) is 19.5 Å². The molecule has 1 unspecified atom stereocenters. The molecule has 3 atom stereocenters. The van der Waals surface area contributed by atoms with Crippen molar-refractivity contribution >= 4 is 5.82 Å². The Hall–Kier alpha value is -2.29. The van der Waals surface area contributed by atoms with Crippen LogP contribution in [0.5, 0.6) is 6.01 Å². The summed E-state index contributed by atoms with van der Waals surface area (Å²) in [5.74, 6) is 0.907. The van der Waals surface area contributed by atoms with Gasteiger partial charge in [0.25, 0.3) is 0 Å². The maximum absolute atomic E-state index is 14.3. The topological polar surface area (TPSA) is 65.0 Å². The monoisotopic (exact) mass is 495 g/mol. The molecule has 0 amide bonds. The van der Waals surface area contributed by atoms with Crippen molar-refractivity contribution in [1.29, 1.82) is 0 Å². The molecule has 3 saturated heterocycles. The molecular weight excluding hydrogens is 457 g/mol. The molecule has 0 saturated carbocycles. The summed E-state index contributed by atoms with van der Waals surface area (Å²) in [6.45, 7) is 7.78. The maximum Gasteiger partial charge on any atom is 0.318 e. The predicted molar refractivity (Wildman–Crippen MR) is 137 cm³/mol. The normalized spacial score (nSPS) is 30.9. The number of alkyl halides is 1. The van der Waals surface area contributed by atoms with Crippen LogP contribution >= 0.6 is 0 Å². The quantitative estimate of drug-likeness (QED) is 0.659. The van der Waals surface area contributed by atoms with E-state index in [1.54, 1.807) is 0 Å². The number of aliphatic hydroxyl groups is 1. The van der Waals surface area contributed by atoms with Gasteiger partial charge in [0.15, 0.2) is 0 Å². The molecule has 8 heteroatoms. The minimum absolute atomic E-state index is 0.229. The zero-order valence-electron chi connectivity index (χ0n) is 21.3. The van der Waals surface area contributed by atoms with Crippen LogP contribution in [0.4, 0.5) is 10.2 Å². The highest BCUT2D eigenvalue weighted by molar-refractivity contribution is 5.52. The number of fused-ring (bicyclic) bond motifs is 2. The number of hydrogen-bond acceptors (Lipinski definition) is 7. The average molecular weight is 496 g/mol. The highest BCUT2D eigenvalue weighted by atomic mass is 19.1. The van der Waals surface area contributed by atoms with Gasteiger partial charge in [-0.2, -0.15) is 9.97 Å². The fraction of sp³-hybridized carbons (Fsp3) is 0.643. The molecule has 1 aromatic heterocycles. The number of rotatable bonds is 6. The van der Waals surface area contributed by atoms with Gasteiger partial charge in [0.05, 0.1) is 16.8 Å². The molecule has 194 valence electrons. The van der Waals surface area contributed by atoms with E-state index in [-0.39, 0.29) is 5.54 Å². The van der Waals surface area contributed by atoms with E-state index in [0.29, 0.717) is 32.1 Å². The molecule has 0 bridgehead atoms. The van der Waals surface area contributed by atoms with E-state index in [2.05, 4.69) is 39.0 Å². The highest BCUT2D eigenvalue weighted by Gasteiger charge is 2.49. The SMILES string of the molecule is CC1(O)CCCN(c2nc(OC[C@@]34CCCN3C[C@H](F)C4)nc3c2CCN(Cc2ccccc2)C3)C1. The van der Waals surface area contributed by atoms with Crippen molar-refractivity contribution in [2.24, 2.45) is 0 Å². The van der Waals surface area contributed by atoms with Crippen LogP contribution in [0.3, 0.4) is 0 Å². The summed E-state index contributed by atoms with van der Waals surface area (Å²) in [6.07, 6.45) is 4.40. The van der Waals surface area contributed by atoms with Crippen LogP contribution in [0.25, 0.3) is 0 Å². The number of anilines is 1. The summed E-state index contributed by atoms with van der Waals surface area (Å²) < 4.78 is 20.6. The molecule has 3 fully saturated rings. The molecule has 1 aromatic carbocycles.